The molecular weight excluding hydrogens is 410 g/mol. The Balaban J connectivity index is 1.38. The smallest absolute Gasteiger partial charge is 0.162 e. The zero-order valence-electron chi connectivity index (χ0n) is 18.6. The largest absolute Gasteiger partial charge is 0.508 e. The molecule has 0 heterocycles. The lowest BCUT2D eigenvalue weighted by molar-refractivity contribution is 0.255. The second-order valence-electron chi connectivity index (χ2n) is 7.92. The highest BCUT2D eigenvalue weighted by Gasteiger charge is 2.08. The Morgan fingerprint density at radius 2 is 1.15 bits per heavy atom. The molecule has 4 rings (SSSR count). The van der Waals surface area contributed by atoms with Gasteiger partial charge in [-0.05, 0) is 59.5 Å². The summed E-state index contributed by atoms with van der Waals surface area (Å²) in [5.41, 5.74) is 4.56. The Morgan fingerprint density at radius 3 is 1.79 bits per heavy atom. The van der Waals surface area contributed by atoms with Crippen LogP contribution in [0.1, 0.15) is 22.3 Å². The van der Waals surface area contributed by atoms with Crippen LogP contribution in [0.5, 0.6) is 17.2 Å². The maximum Gasteiger partial charge on any atom is 0.162 e. The van der Waals surface area contributed by atoms with Crippen LogP contribution in [0.25, 0.3) is 0 Å². The van der Waals surface area contributed by atoms with E-state index in [-0.39, 0.29) is 0 Å². The average Bonchev–Trinajstić information content (AvgIpc) is 2.87. The highest BCUT2D eigenvalue weighted by Crippen LogP contribution is 2.30. The third kappa shape index (κ3) is 7.13. The molecule has 4 aromatic carbocycles. The van der Waals surface area contributed by atoms with Crippen LogP contribution in [-0.4, -0.2) is 11.7 Å². The number of nitrogens with one attached hydrogen (secondary N) is 1. The number of benzene rings is 4. The molecule has 4 aromatic rings. The lowest BCUT2D eigenvalue weighted by Crippen LogP contribution is -2.16. The summed E-state index contributed by atoms with van der Waals surface area (Å²) in [5.74, 6) is 1.78. The van der Waals surface area contributed by atoms with E-state index in [0.29, 0.717) is 19.0 Å². The number of aromatic hydroxyl groups is 1. The number of ether oxygens (including phenoxy) is 2. The molecule has 4 heteroatoms. The normalized spacial score (nSPS) is 10.7. The first kappa shape index (κ1) is 22.4. The molecule has 33 heavy (non-hydrogen) atoms. The van der Waals surface area contributed by atoms with Gasteiger partial charge in [-0.1, -0.05) is 78.9 Å². The van der Waals surface area contributed by atoms with Gasteiger partial charge in [-0.25, -0.2) is 0 Å². The zero-order valence-corrected chi connectivity index (χ0v) is 18.6. The molecule has 0 atom stereocenters. The summed E-state index contributed by atoms with van der Waals surface area (Å²) in [6, 6.07) is 33.7. The van der Waals surface area contributed by atoms with Crippen LogP contribution < -0.4 is 14.8 Å². The van der Waals surface area contributed by atoms with E-state index in [9.17, 15) is 5.11 Å². The van der Waals surface area contributed by atoms with Crippen molar-refractivity contribution in [1.82, 2.24) is 5.32 Å². The summed E-state index contributed by atoms with van der Waals surface area (Å²) in [7, 11) is 0. The van der Waals surface area contributed by atoms with E-state index in [1.807, 2.05) is 54.6 Å². The lowest BCUT2D eigenvalue weighted by atomic mass is 10.1. The standard InChI is InChI=1S/C29H29NO3/c31-27-14-11-23(12-15-27)17-18-30-20-26-13-16-28(32-21-24-7-3-1-4-8-24)29(19-26)33-22-25-9-5-2-6-10-25/h1-16,19,30-31H,17-18,20-22H2. The van der Waals surface area contributed by atoms with Crippen LogP contribution >= 0.6 is 0 Å². The van der Waals surface area contributed by atoms with Crippen LogP contribution in [0.3, 0.4) is 0 Å². The Bertz CT molecular complexity index is 1110. The Morgan fingerprint density at radius 1 is 0.576 bits per heavy atom. The molecule has 0 spiro atoms. The van der Waals surface area contributed by atoms with E-state index in [1.54, 1.807) is 12.1 Å². The molecular formula is C29H29NO3. The molecule has 0 aromatic heterocycles. The van der Waals surface area contributed by atoms with Crippen molar-refractivity contribution in [3.8, 4) is 17.2 Å². The fourth-order valence-corrected chi connectivity index (χ4v) is 3.49. The first-order valence-electron chi connectivity index (χ1n) is 11.2. The second-order valence-corrected chi connectivity index (χ2v) is 7.92. The fraction of sp³-hybridized carbons (Fsp3) is 0.172. The summed E-state index contributed by atoms with van der Waals surface area (Å²) < 4.78 is 12.3. The minimum absolute atomic E-state index is 0.296. The summed E-state index contributed by atoms with van der Waals surface area (Å²) >= 11 is 0. The SMILES string of the molecule is Oc1ccc(CCNCc2ccc(OCc3ccccc3)c(OCc3ccccc3)c2)cc1. The molecule has 0 fully saturated rings. The van der Waals surface area contributed by atoms with Gasteiger partial charge in [0, 0.05) is 6.54 Å². The topological polar surface area (TPSA) is 50.7 Å². The summed E-state index contributed by atoms with van der Waals surface area (Å²) in [5, 5.41) is 12.9. The van der Waals surface area contributed by atoms with Crippen molar-refractivity contribution in [2.24, 2.45) is 0 Å². The van der Waals surface area contributed by atoms with Crippen molar-refractivity contribution in [3.05, 3.63) is 125 Å². The first-order chi connectivity index (χ1) is 16.3. The van der Waals surface area contributed by atoms with Crippen LogP contribution in [0.2, 0.25) is 0 Å². The van der Waals surface area contributed by atoms with Gasteiger partial charge in [0.25, 0.3) is 0 Å². The molecule has 2 N–H and O–H groups in total. The number of rotatable bonds is 11. The third-order valence-corrected chi connectivity index (χ3v) is 5.34. The Hall–Kier alpha value is -3.76. The molecule has 0 radical (unpaired) electrons. The van der Waals surface area contributed by atoms with Gasteiger partial charge in [0.15, 0.2) is 11.5 Å². The van der Waals surface area contributed by atoms with E-state index < -0.39 is 0 Å². The molecule has 0 saturated heterocycles. The van der Waals surface area contributed by atoms with E-state index in [4.69, 9.17) is 9.47 Å². The summed E-state index contributed by atoms with van der Waals surface area (Å²) in [4.78, 5) is 0. The highest BCUT2D eigenvalue weighted by atomic mass is 16.5. The molecule has 0 aliphatic rings. The minimum Gasteiger partial charge on any atom is -0.508 e. The Kier molecular flexibility index (Phi) is 7.98. The van der Waals surface area contributed by atoms with Crippen molar-refractivity contribution >= 4 is 0 Å². The van der Waals surface area contributed by atoms with Crippen LogP contribution in [0.4, 0.5) is 0 Å². The Labute approximate surface area is 195 Å². The molecule has 168 valence electrons. The quantitative estimate of drug-likeness (QED) is 0.287. The van der Waals surface area contributed by atoms with E-state index in [0.717, 1.165) is 47.7 Å². The van der Waals surface area contributed by atoms with Crippen molar-refractivity contribution in [1.29, 1.82) is 0 Å². The van der Waals surface area contributed by atoms with Gasteiger partial charge in [-0.15, -0.1) is 0 Å². The molecule has 0 aliphatic carbocycles. The van der Waals surface area contributed by atoms with Crippen LogP contribution in [0.15, 0.2) is 103 Å². The number of hydrogen-bond acceptors (Lipinski definition) is 4. The molecule has 0 saturated carbocycles. The van der Waals surface area contributed by atoms with Crippen molar-refractivity contribution < 1.29 is 14.6 Å². The van der Waals surface area contributed by atoms with Gasteiger partial charge < -0.3 is 19.9 Å². The van der Waals surface area contributed by atoms with Gasteiger partial charge in [-0.2, -0.15) is 0 Å². The zero-order chi connectivity index (χ0) is 22.7. The number of hydrogen-bond donors (Lipinski definition) is 2. The highest BCUT2D eigenvalue weighted by molar-refractivity contribution is 5.43. The summed E-state index contributed by atoms with van der Waals surface area (Å²) in [6.07, 6.45) is 0.899. The lowest BCUT2D eigenvalue weighted by Gasteiger charge is -2.15. The first-order valence-corrected chi connectivity index (χ1v) is 11.2. The van der Waals surface area contributed by atoms with Gasteiger partial charge in [0.1, 0.15) is 19.0 Å². The monoisotopic (exact) mass is 439 g/mol. The predicted molar refractivity (Wildman–Crippen MR) is 132 cm³/mol. The van der Waals surface area contributed by atoms with Crippen molar-refractivity contribution in [2.45, 2.75) is 26.2 Å². The average molecular weight is 440 g/mol. The van der Waals surface area contributed by atoms with Gasteiger partial charge in [0.05, 0.1) is 0 Å². The van der Waals surface area contributed by atoms with Crippen molar-refractivity contribution in [2.75, 3.05) is 6.54 Å². The minimum atomic E-state index is 0.296. The summed E-state index contributed by atoms with van der Waals surface area (Å²) in [6.45, 7) is 2.56. The maximum absolute atomic E-state index is 9.41. The fourth-order valence-electron chi connectivity index (χ4n) is 3.49. The van der Waals surface area contributed by atoms with Gasteiger partial charge >= 0.3 is 0 Å². The molecule has 4 nitrogen and oxygen atoms in total. The van der Waals surface area contributed by atoms with E-state index in [2.05, 4.69) is 41.7 Å². The number of phenols is 1. The van der Waals surface area contributed by atoms with Crippen LogP contribution in [0, 0.1) is 0 Å². The van der Waals surface area contributed by atoms with Crippen LogP contribution in [-0.2, 0) is 26.2 Å². The van der Waals surface area contributed by atoms with Gasteiger partial charge in [0.2, 0.25) is 0 Å². The van der Waals surface area contributed by atoms with E-state index >= 15 is 0 Å². The molecule has 0 amide bonds. The molecule has 0 aliphatic heterocycles. The molecule has 0 unspecified atom stereocenters. The number of phenolic OH excluding ortho intramolecular Hbond substituents is 1. The van der Waals surface area contributed by atoms with Crippen molar-refractivity contribution in [3.63, 3.8) is 0 Å². The maximum atomic E-state index is 9.41. The predicted octanol–water partition coefficient (Wildman–Crippen LogP) is 5.88. The van der Waals surface area contributed by atoms with E-state index in [1.165, 1.54) is 5.56 Å². The third-order valence-electron chi connectivity index (χ3n) is 5.34. The van der Waals surface area contributed by atoms with Gasteiger partial charge in [-0.3, -0.25) is 0 Å². The second kappa shape index (κ2) is 11.7. The molecule has 0 bridgehead atoms.